The van der Waals surface area contributed by atoms with E-state index in [1.807, 2.05) is 6.92 Å². The number of sulfone groups is 1. The molecule has 0 aliphatic heterocycles. The highest BCUT2D eigenvalue weighted by atomic mass is 32.2. The lowest BCUT2D eigenvalue weighted by molar-refractivity contribution is 0.150. The molecule has 6 heteroatoms. The Labute approximate surface area is 119 Å². The zero-order valence-electron chi connectivity index (χ0n) is 11.8. The van der Waals surface area contributed by atoms with Crippen LogP contribution in [0.4, 0.5) is 4.79 Å². The minimum atomic E-state index is -3.49. The summed E-state index contributed by atoms with van der Waals surface area (Å²) in [6, 6.07) is 6.15. The lowest BCUT2D eigenvalue weighted by Crippen LogP contribution is -2.31. The predicted molar refractivity (Wildman–Crippen MR) is 77.1 cm³/mol. The van der Waals surface area contributed by atoms with Gasteiger partial charge in [0.05, 0.1) is 11.5 Å². The monoisotopic (exact) mass is 297 g/mol. The number of nitrogens with one attached hydrogen (secondary N) is 1. The maximum absolute atomic E-state index is 12.0. The molecule has 20 heavy (non-hydrogen) atoms. The molecule has 1 rings (SSSR count). The maximum atomic E-state index is 12.0. The highest BCUT2D eigenvalue weighted by molar-refractivity contribution is 7.94. The fourth-order valence-electron chi connectivity index (χ4n) is 1.43. The van der Waals surface area contributed by atoms with Gasteiger partial charge < -0.3 is 10.1 Å². The van der Waals surface area contributed by atoms with Crippen LogP contribution in [-0.2, 0) is 14.6 Å². The van der Waals surface area contributed by atoms with Gasteiger partial charge in [-0.15, -0.1) is 0 Å². The third-order valence-electron chi connectivity index (χ3n) is 2.52. The van der Waals surface area contributed by atoms with Crippen molar-refractivity contribution in [2.45, 2.75) is 31.7 Å². The van der Waals surface area contributed by atoms with Crippen LogP contribution in [0.25, 0.3) is 0 Å². The summed E-state index contributed by atoms with van der Waals surface area (Å²) in [5.41, 5.74) is 0.991. The molecule has 1 aromatic carbocycles. The van der Waals surface area contributed by atoms with Gasteiger partial charge in [0.2, 0.25) is 0 Å². The molecule has 0 aliphatic rings. The van der Waals surface area contributed by atoms with Crippen molar-refractivity contribution in [3.8, 4) is 0 Å². The Hall–Kier alpha value is -1.82. The van der Waals surface area contributed by atoms with Gasteiger partial charge in [-0.3, -0.25) is 0 Å². The molecule has 0 saturated heterocycles. The Morgan fingerprint density at radius 2 is 1.95 bits per heavy atom. The normalized spacial score (nSPS) is 13.2. The van der Waals surface area contributed by atoms with Crippen molar-refractivity contribution < 1.29 is 17.9 Å². The fraction of sp³-hybridized carbons (Fsp3) is 0.357. The number of alkyl carbamates (subject to hydrolysis) is 1. The molecule has 1 aromatic rings. The van der Waals surface area contributed by atoms with Gasteiger partial charge in [0, 0.05) is 11.4 Å². The first-order valence-corrected chi connectivity index (χ1v) is 7.83. The lowest BCUT2D eigenvalue weighted by atomic mass is 10.2. The van der Waals surface area contributed by atoms with E-state index >= 15 is 0 Å². The van der Waals surface area contributed by atoms with Gasteiger partial charge in [0.15, 0.2) is 9.84 Å². The predicted octanol–water partition coefficient (Wildman–Crippen LogP) is 2.42. The molecule has 0 aliphatic carbocycles. The van der Waals surface area contributed by atoms with Crippen LogP contribution in [-0.4, -0.2) is 27.2 Å². The van der Waals surface area contributed by atoms with E-state index in [1.165, 1.54) is 6.08 Å². The van der Waals surface area contributed by atoms with Crippen molar-refractivity contribution in [3.63, 3.8) is 0 Å². The molecule has 1 N–H and O–H groups in total. The molecule has 0 unspecified atom stereocenters. The Balaban J connectivity index is 2.73. The topological polar surface area (TPSA) is 72.5 Å². The molecule has 110 valence electrons. The average molecular weight is 297 g/mol. The number of amides is 1. The van der Waals surface area contributed by atoms with Gasteiger partial charge in [-0.1, -0.05) is 23.8 Å². The minimum absolute atomic E-state index is 0.225. The fourth-order valence-corrected chi connectivity index (χ4v) is 2.55. The van der Waals surface area contributed by atoms with Gasteiger partial charge in [0.25, 0.3) is 0 Å². The zero-order chi connectivity index (χ0) is 15.2. The second-order valence-corrected chi connectivity index (χ2v) is 6.17. The first-order valence-electron chi connectivity index (χ1n) is 6.28. The lowest BCUT2D eigenvalue weighted by Gasteiger charge is -2.09. The summed E-state index contributed by atoms with van der Waals surface area (Å²) in [5.74, 6) is 0. The van der Waals surface area contributed by atoms with Crippen LogP contribution in [0.5, 0.6) is 0 Å². The summed E-state index contributed by atoms with van der Waals surface area (Å²) in [6.07, 6.45) is 0.837. The molecular weight excluding hydrogens is 278 g/mol. The van der Waals surface area contributed by atoms with Gasteiger partial charge in [-0.05, 0) is 32.9 Å². The van der Waals surface area contributed by atoms with Crippen LogP contribution in [0.3, 0.4) is 0 Å². The molecule has 0 aromatic heterocycles. The third kappa shape index (κ3) is 5.05. The van der Waals surface area contributed by atoms with E-state index in [0.29, 0.717) is 0 Å². The average Bonchev–Trinajstić information content (AvgIpc) is 2.37. The number of carbonyl (C=O) groups excluding carboxylic acids is 1. The molecular formula is C14H19NO4S. The number of hydrogen-bond acceptors (Lipinski definition) is 4. The van der Waals surface area contributed by atoms with E-state index in [4.69, 9.17) is 4.74 Å². The van der Waals surface area contributed by atoms with E-state index in [0.717, 1.165) is 11.0 Å². The summed E-state index contributed by atoms with van der Waals surface area (Å²) in [7, 11) is -3.49. The van der Waals surface area contributed by atoms with Crippen LogP contribution in [0.1, 0.15) is 19.4 Å². The van der Waals surface area contributed by atoms with Crippen molar-refractivity contribution >= 4 is 15.9 Å². The standard InChI is InChI=1S/C14H19NO4S/c1-4-19-14(16)15-12(3)9-10-20(17,18)13-7-5-11(2)6-8-13/h5-10,12H,4H2,1-3H3,(H,15,16)/b10-9+/t12-/m0/s1. The zero-order valence-corrected chi connectivity index (χ0v) is 12.6. The van der Waals surface area contributed by atoms with E-state index in [-0.39, 0.29) is 11.5 Å². The smallest absolute Gasteiger partial charge is 0.407 e. The molecule has 5 nitrogen and oxygen atoms in total. The first-order chi connectivity index (χ1) is 9.35. The Morgan fingerprint density at radius 1 is 1.35 bits per heavy atom. The largest absolute Gasteiger partial charge is 0.450 e. The summed E-state index contributed by atoms with van der Waals surface area (Å²) < 4.78 is 28.8. The van der Waals surface area contributed by atoms with Gasteiger partial charge in [0.1, 0.15) is 0 Å². The third-order valence-corrected chi connectivity index (χ3v) is 3.96. The number of aryl methyl sites for hydroxylation is 1. The summed E-state index contributed by atoms with van der Waals surface area (Å²) in [4.78, 5) is 11.4. The summed E-state index contributed by atoms with van der Waals surface area (Å²) in [6.45, 7) is 5.52. The molecule has 1 amide bonds. The number of rotatable bonds is 5. The van der Waals surface area contributed by atoms with Crippen LogP contribution in [0.15, 0.2) is 40.6 Å². The Bertz CT molecular complexity index is 576. The van der Waals surface area contributed by atoms with Gasteiger partial charge in [-0.2, -0.15) is 0 Å². The minimum Gasteiger partial charge on any atom is -0.450 e. The Kier molecular flexibility index (Phi) is 5.76. The molecule has 0 radical (unpaired) electrons. The van der Waals surface area contributed by atoms with Crippen molar-refractivity contribution in [1.82, 2.24) is 5.32 Å². The van der Waals surface area contributed by atoms with Crippen molar-refractivity contribution in [2.24, 2.45) is 0 Å². The van der Waals surface area contributed by atoms with E-state index in [2.05, 4.69) is 5.32 Å². The number of benzene rings is 1. The van der Waals surface area contributed by atoms with Gasteiger partial charge in [-0.25, -0.2) is 13.2 Å². The number of ether oxygens (including phenoxy) is 1. The van der Waals surface area contributed by atoms with Crippen molar-refractivity contribution in [3.05, 3.63) is 41.3 Å². The number of carbonyl (C=O) groups is 1. The van der Waals surface area contributed by atoms with Crippen molar-refractivity contribution in [2.75, 3.05) is 6.61 Å². The Morgan fingerprint density at radius 3 is 2.50 bits per heavy atom. The quantitative estimate of drug-likeness (QED) is 0.906. The van der Waals surface area contributed by atoms with E-state index in [1.54, 1.807) is 38.1 Å². The van der Waals surface area contributed by atoms with Crippen LogP contribution < -0.4 is 5.32 Å². The van der Waals surface area contributed by atoms with E-state index in [9.17, 15) is 13.2 Å². The van der Waals surface area contributed by atoms with E-state index < -0.39 is 22.0 Å². The summed E-state index contributed by atoms with van der Waals surface area (Å²) >= 11 is 0. The molecule has 1 atom stereocenters. The molecule has 0 fully saturated rings. The highest BCUT2D eigenvalue weighted by Gasteiger charge is 2.11. The first kappa shape index (κ1) is 16.2. The molecule has 0 spiro atoms. The SMILES string of the molecule is CCOC(=O)N[C@@H](C)/C=C/S(=O)(=O)c1ccc(C)cc1. The van der Waals surface area contributed by atoms with Crippen LogP contribution in [0.2, 0.25) is 0 Å². The molecule has 0 bridgehead atoms. The highest BCUT2D eigenvalue weighted by Crippen LogP contribution is 2.13. The van der Waals surface area contributed by atoms with Crippen LogP contribution in [0, 0.1) is 6.92 Å². The summed E-state index contributed by atoms with van der Waals surface area (Å²) in [5, 5.41) is 3.59. The second kappa shape index (κ2) is 7.09. The maximum Gasteiger partial charge on any atom is 0.407 e. The van der Waals surface area contributed by atoms with Crippen molar-refractivity contribution in [1.29, 1.82) is 0 Å². The molecule has 0 heterocycles. The number of hydrogen-bond donors (Lipinski definition) is 1. The second-order valence-electron chi connectivity index (χ2n) is 4.34. The van der Waals surface area contributed by atoms with Crippen LogP contribution >= 0.6 is 0 Å². The van der Waals surface area contributed by atoms with Gasteiger partial charge >= 0.3 is 6.09 Å². The molecule has 0 saturated carbocycles.